The molecule has 0 amide bonds. The van der Waals surface area contributed by atoms with E-state index in [0.717, 1.165) is 6.04 Å². The van der Waals surface area contributed by atoms with E-state index in [0.29, 0.717) is 23.3 Å². The number of rotatable bonds is 9. The number of hydrogen-bond acceptors (Lipinski definition) is 4. The SMILES string of the molecule is C[C@@H](NS(=O)C(C)(C)C)c1nc2c(cc1F)cc(CO)n2COCC[Si](C)(C)C. The minimum absolute atomic E-state index is 0.188. The standard InChI is InChI=1S/C20H34FN3O3SSi/c1-14(23-28(26)20(2,3)4)18-17(21)11-15-10-16(12-25)24(19(15)22-18)13-27-8-9-29(5,6)7/h10-11,14,23,25H,8-9,12-13H2,1-7H3/t14-,28?/m1/s1. The lowest BCUT2D eigenvalue weighted by atomic mass is 10.2. The molecule has 164 valence electrons. The quantitative estimate of drug-likeness (QED) is 0.452. The molecule has 2 rings (SSSR count). The zero-order valence-electron chi connectivity index (χ0n) is 18.5. The number of fused-ring (bicyclic) bond motifs is 1. The summed E-state index contributed by atoms with van der Waals surface area (Å²) >= 11 is 0. The fourth-order valence-corrected chi connectivity index (χ4v) is 4.27. The maximum atomic E-state index is 14.7. The maximum absolute atomic E-state index is 14.7. The molecule has 0 aliphatic heterocycles. The van der Waals surface area contributed by atoms with E-state index in [2.05, 4.69) is 29.3 Å². The molecule has 1 unspecified atom stereocenters. The zero-order chi connectivity index (χ0) is 22.0. The molecule has 2 heterocycles. The summed E-state index contributed by atoms with van der Waals surface area (Å²) in [4.78, 5) is 4.51. The van der Waals surface area contributed by atoms with E-state index >= 15 is 0 Å². The molecule has 0 radical (unpaired) electrons. The summed E-state index contributed by atoms with van der Waals surface area (Å²) in [6, 6.07) is 3.64. The molecule has 0 spiro atoms. The molecule has 6 nitrogen and oxygen atoms in total. The van der Waals surface area contributed by atoms with Gasteiger partial charge in [-0.25, -0.2) is 18.3 Å². The van der Waals surface area contributed by atoms with Gasteiger partial charge in [-0.05, 0) is 45.9 Å². The Hall–Kier alpha value is -1.13. The van der Waals surface area contributed by atoms with Crippen LogP contribution in [-0.2, 0) is 29.1 Å². The van der Waals surface area contributed by atoms with Gasteiger partial charge in [-0.1, -0.05) is 19.6 Å². The summed E-state index contributed by atoms with van der Waals surface area (Å²) in [6.45, 7) is 14.9. The van der Waals surface area contributed by atoms with Crippen molar-refractivity contribution in [1.82, 2.24) is 14.3 Å². The largest absolute Gasteiger partial charge is 0.390 e. The van der Waals surface area contributed by atoms with Gasteiger partial charge in [0.05, 0.1) is 34.1 Å². The molecule has 2 aromatic heterocycles. The molecular weight excluding hydrogens is 409 g/mol. The molecule has 0 saturated carbocycles. The molecule has 0 aliphatic rings. The topological polar surface area (TPSA) is 76.4 Å². The van der Waals surface area contributed by atoms with E-state index in [9.17, 15) is 13.7 Å². The molecule has 2 atom stereocenters. The third-order valence-corrected chi connectivity index (χ3v) is 7.95. The Morgan fingerprint density at radius 3 is 2.55 bits per heavy atom. The molecular formula is C20H34FN3O3SSi. The van der Waals surface area contributed by atoms with Gasteiger partial charge < -0.3 is 14.4 Å². The lowest BCUT2D eigenvalue weighted by Crippen LogP contribution is -2.35. The van der Waals surface area contributed by atoms with Crippen molar-refractivity contribution in [3.8, 4) is 0 Å². The van der Waals surface area contributed by atoms with Gasteiger partial charge in [0.25, 0.3) is 0 Å². The van der Waals surface area contributed by atoms with Crippen LogP contribution in [0.25, 0.3) is 11.0 Å². The number of nitrogens with one attached hydrogen (secondary N) is 1. The van der Waals surface area contributed by atoms with Gasteiger partial charge in [0, 0.05) is 25.8 Å². The molecule has 2 N–H and O–H groups in total. The third kappa shape index (κ3) is 6.42. The summed E-state index contributed by atoms with van der Waals surface area (Å²) in [5, 5.41) is 10.3. The van der Waals surface area contributed by atoms with Crippen molar-refractivity contribution in [2.75, 3.05) is 6.61 Å². The van der Waals surface area contributed by atoms with Crippen LogP contribution in [0.4, 0.5) is 4.39 Å². The molecule has 29 heavy (non-hydrogen) atoms. The van der Waals surface area contributed by atoms with E-state index < -0.39 is 35.7 Å². The van der Waals surface area contributed by atoms with Gasteiger partial charge in [-0.3, -0.25) is 0 Å². The van der Waals surface area contributed by atoms with Crippen LogP contribution >= 0.6 is 0 Å². The number of halogens is 1. The average molecular weight is 444 g/mol. The predicted molar refractivity (Wildman–Crippen MR) is 119 cm³/mol. The number of ether oxygens (including phenoxy) is 1. The Morgan fingerprint density at radius 1 is 1.34 bits per heavy atom. The van der Waals surface area contributed by atoms with Gasteiger partial charge in [0.15, 0.2) is 0 Å². The predicted octanol–water partition coefficient (Wildman–Crippen LogP) is 4.09. The summed E-state index contributed by atoms with van der Waals surface area (Å²) in [5.41, 5.74) is 1.37. The number of aliphatic hydroxyl groups is 1. The monoisotopic (exact) mass is 443 g/mol. The van der Waals surface area contributed by atoms with E-state index in [1.54, 1.807) is 17.6 Å². The average Bonchev–Trinajstić information content (AvgIpc) is 2.92. The second-order valence-electron chi connectivity index (χ2n) is 9.56. The first-order chi connectivity index (χ1) is 13.3. The normalized spacial score (nSPS) is 15.1. The Morgan fingerprint density at radius 2 is 2.00 bits per heavy atom. The highest BCUT2D eigenvalue weighted by Crippen LogP contribution is 2.25. The second kappa shape index (κ2) is 9.34. The fourth-order valence-electron chi connectivity index (χ4n) is 2.73. The van der Waals surface area contributed by atoms with Crippen molar-refractivity contribution >= 4 is 30.1 Å². The Balaban J connectivity index is 2.30. The number of aromatic nitrogens is 2. The Labute approximate surface area is 176 Å². The molecule has 2 aromatic rings. The van der Waals surface area contributed by atoms with Crippen LogP contribution in [0.1, 0.15) is 45.1 Å². The molecule has 0 saturated heterocycles. The van der Waals surface area contributed by atoms with Gasteiger partial charge >= 0.3 is 0 Å². The van der Waals surface area contributed by atoms with Crippen molar-refractivity contribution in [2.24, 2.45) is 0 Å². The van der Waals surface area contributed by atoms with Crippen molar-refractivity contribution in [3.63, 3.8) is 0 Å². The van der Waals surface area contributed by atoms with Crippen LogP contribution in [0.15, 0.2) is 12.1 Å². The molecule has 9 heteroatoms. The zero-order valence-corrected chi connectivity index (χ0v) is 20.3. The summed E-state index contributed by atoms with van der Waals surface area (Å²) in [5.74, 6) is -0.468. The molecule has 0 aliphatic carbocycles. The van der Waals surface area contributed by atoms with Crippen LogP contribution in [0, 0.1) is 5.82 Å². The maximum Gasteiger partial charge on any atom is 0.147 e. The number of hydrogen-bond donors (Lipinski definition) is 2. The highest BCUT2D eigenvalue weighted by atomic mass is 32.2. The van der Waals surface area contributed by atoms with Gasteiger partial charge in [-0.2, -0.15) is 0 Å². The summed E-state index contributed by atoms with van der Waals surface area (Å²) < 4.78 is 37.2. The fraction of sp³-hybridized carbons (Fsp3) is 0.650. The van der Waals surface area contributed by atoms with Crippen molar-refractivity contribution in [2.45, 2.75) is 77.5 Å². The van der Waals surface area contributed by atoms with E-state index in [4.69, 9.17) is 4.74 Å². The van der Waals surface area contributed by atoms with Crippen molar-refractivity contribution < 1.29 is 18.4 Å². The summed E-state index contributed by atoms with van der Waals surface area (Å²) in [6.07, 6.45) is 0. The molecule has 0 aromatic carbocycles. The highest BCUT2D eigenvalue weighted by molar-refractivity contribution is 7.84. The lowest BCUT2D eigenvalue weighted by Gasteiger charge is -2.22. The first-order valence-corrected chi connectivity index (χ1v) is 14.7. The minimum Gasteiger partial charge on any atom is -0.390 e. The van der Waals surface area contributed by atoms with Crippen LogP contribution in [-0.4, -0.2) is 38.3 Å². The third-order valence-electron chi connectivity index (χ3n) is 4.56. The first kappa shape index (κ1) is 24.1. The van der Waals surface area contributed by atoms with Gasteiger partial charge in [0.1, 0.15) is 18.2 Å². The van der Waals surface area contributed by atoms with E-state index in [1.807, 2.05) is 20.8 Å². The number of aliphatic hydroxyl groups excluding tert-OH is 1. The Bertz CT molecular complexity index is 874. The van der Waals surface area contributed by atoms with Crippen LogP contribution < -0.4 is 4.72 Å². The van der Waals surface area contributed by atoms with Crippen molar-refractivity contribution in [1.29, 1.82) is 0 Å². The second-order valence-corrected chi connectivity index (χ2v) is 17.2. The lowest BCUT2D eigenvalue weighted by molar-refractivity contribution is 0.0850. The number of nitrogens with zero attached hydrogens (tertiary/aromatic N) is 2. The number of pyridine rings is 1. The van der Waals surface area contributed by atoms with Crippen LogP contribution in [0.2, 0.25) is 25.7 Å². The molecule has 0 bridgehead atoms. The molecule has 0 fully saturated rings. The first-order valence-electron chi connectivity index (χ1n) is 9.88. The minimum atomic E-state index is -1.35. The van der Waals surface area contributed by atoms with Crippen LogP contribution in [0.3, 0.4) is 0 Å². The Kier molecular flexibility index (Phi) is 7.78. The van der Waals surface area contributed by atoms with Gasteiger partial charge in [0.2, 0.25) is 0 Å². The highest BCUT2D eigenvalue weighted by Gasteiger charge is 2.24. The van der Waals surface area contributed by atoms with Gasteiger partial charge in [-0.15, -0.1) is 0 Å². The van der Waals surface area contributed by atoms with Crippen molar-refractivity contribution in [3.05, 3.63) is 29.3 Å². The smallest absolute Gasteiger partial charge is 0.147 e. The van der Waals surface area contributed by atoms with E-state index in [1.165, 1.54) is 6.07 Å². The summed E-state index contributed by atoms with van der Waals surface area (Å²) in [7, 11) is -2.55. The van der Waals surface area contributed by atoms with Crippen LogP contribution in [0.5, 0.6) is 0 Å². The van der Waals surface area contributed by atoms with E-state index in [-0.39, 0.29) is 19.0 Å².